The Morgan fingerprint density at radius 1 is 1.47 bits per heavy atom. The molecule has 2 unspecified atom stereocenters. The van der Waals surface area contributed by atoms with Gasteiger partial charge in [0.15, 0.2) is 0 Å². The van der Waals surface area contributed by atoms with Crippen LogP contribution in [0.25, 0.3) is 0 Å². The first-order valence-corrected chi connectivity index (χ1v) is 5.45. The summed E-state index contributed by atoms with van der Waals surface area (Å²) in [6, 6.07) is -0.361. The van der Waals surface area contributed by atoms with Crippen LogP contribution in [0.4, 0.5) is 0 Å². The van der Waals surface area contributed by atoms with E-state index in [1.54, 1.807) is 11.8 Å². The molecule has 2 rings (SSSR count). The van der Waals surface area contributed by atoms with Crippen LogP contribution in [0.15, 0.2) is 0 Å². The van der Waals surface area contributed by atoms with E-state index in [2.05, 4.69) is 10.6 Å². The van der Waals surface area contributed by atoms with Crippen LogP contribution < -0.4 is 10.6 Å². The van der Waals surface area contributed by atoms with Crippen molar-refractivity contribution in [3.05, 3.63) is 0 Å². The fourth-order valence-corrected chi connectivity index (χ4v) is 2.21. The first-order chi connectivity index (χ1) is 7.16. The molecule has 0 aromatic carbocycles. The summed E-state index contributed by atoms with van der Waals surface area (Å²) in [4.78, 5) is 24.7. The molecule has 2 fully saturated rings. The lowest BCUT2D eigenvalue weighted by atomic mass is 10.1. The summed E-state index contributed by atoms with van der Waals surface area (Å²) in [5.41, 5.74) is 0. The van der Waals surface area contributed by atoms with Crippen LogP contribution in [-0.2, 0) is 9.59 Å². The Morgan fingerprint density at radius 3 is 2.93 bits per heavy atom. The second-order valence-corrected chi connectivity index (χ2v) is 4.37. The van der Waals surface area contributed by atoms with Gasteiger partial charge in [0.05, 0.1) is 6.54 Å². The highest BCUT2D eigenvalue weighted by atomic mass is 16.2. The van der Waals surface area contributed by atoms with Gasteiger partial charge in [0.2, 0.25) is 11.8 Å². The highest BCUT2D eigenvalue weighted by Gasteiger charge is 2.31. The lowest BCUT2D eigenvalue weighted by molar-refractivity contribution is -0.144. The number of nitrogens with zero attached hydrogens (tertiary/aromatic N) is 1. The number of rotatable bonds is 2. The zero-order chi connectivity index (χ0) is 10.8. The number of piperazine rings is 1. The minimum absolute atomic E-state index is 0.0431. The molecule has 2 amide bonds. The normalized spacial score (nSPS) is 31.9. The van der Waals surface area contributed by atoms with E-state index in [0.29, 0.717) is 12.5 Å². The second kappa shape index (κ2) is 4.18. The van der Waals surface area contributed by atoms with Crippen LogP contribution >= 0.6 is 0 Å². The van der Waals surface area contributed by atoms with Crippen LogP contribution in [0.5, 0.6) is 0 Å². The van der Waals surface area contributed by atoms with Crippen LogP contribution in [0, 0.1) is 5.92 Å². The van der Waals surface area contributed by atoms with E-state index in [1.807, 2.05) is 0 Å². The minimum atomic E-state index is -0.361. The predicted octanol–water partition coefficient (Wildman–Crippen LogP) is -1.06. The first kappa shape index (κ1) is 10.4. The van der Waals surface area contributed by atoms with Crippen molar-refractivity contribution in [2.45, 2.75) is 19.4 Å². The van der Waals surface area contributed by atoms with Crippen LogP contribution in [0.2, 0.25) is 0 Å². The number of hydrogen-bond acceptors (Lipinski definition) is 3. The summed E-state index contributed by atoms with van der Waals surface area (Å²) in [6.07, 6.45) is 1.10. The predicted molar refractivity (Wildman–Crippen MR) is 55.2 cm³/mol. The van der Waals surface area contributed by atoms with Gasteiger partial charge in [-0.1, -0.05) is 0 Å². The maximum Gasteiger partial charge on any atom is 0.245 e. The Hall–Kier alpha value is -1.10. The number of carbonyl (C=O) groups excluding carboxylic acids is 2. The van der Waals surface area contributed by atoms with Crippen molar-refractivity contribution in [2.24, 2.45) is 5.92 Å². The van der Waals surface area contributed by atoms with E-state index < -0.39 is 0 Å². The fourth-order valence-electron chi connectivity index (χ4n) is 2.21. The number of amides is 2. The molecule has 5 heteroatoms. The molecule has 0 bridgehead atoms. The third-order valence-electron chi connectivity index (χ3n) is 3.04. The molecule has 0 radical (unpaired) electrons. The smallest absolute Gasteiger partial charge is 0.245 e. The number of carbonyl (C=O) groups is 2. The zero-order valence-electron chi connectivity index (χ0n) is 8.95. The van der Waals surface area contributed by atoms with Crippen LogP contribution in [0.1, 0.15) is 13.3 Å². The van der Waals surface area contributed by atoms with Crippen molar-refractivity contribution < 1.29 is 9.59 Å². The summed E-state index contributed by atoms with van der Waals surface area (Å²) in [5, 5.41) is 5.90. The Bertz CT molecular complexity index is 274. The summed E-state index contributed by atoms with van der Waals surface area (Å²) < 4.78 is 0. The fraction of sp³-hybridized carbons (Fsp3) is 0.800. The van der Waals surface area contributed by atoms with Gasteiger partial charge in [-0.15, -0.1) is 0 Å². The molecule has 0 saturated carbocycles. The molecular weight excluding hydrogens is 194 g/mol. The van der Waals surface area contributed by atoms with E-state index in [9.17, 15) is 9.59 Å². The average molecular weight is 211 g/mol. The van der Waals surface area contributed by atoms with E-state index in [0.717, 1.165) is 19.5 Å². The molecule has 0 aromatic heterocycles. The van der Waals surface area contributed by atoms with Crippen LogP contribution in [0.3, 0.4) is 0 Å². The van der Waals surface area contributed by atoms with E-state index >= 15 is 0 Å². The summed E-state index contributed by atoms with van der Waals surface area (Å²) in [7, 11) is 0. The molecule has 0 spiro atoms. The van der Waals surface area contributed by atoms with E-state index in [4.69, 9.17) is 0 Å². The lowest BCUT2D eigenvalue weighted by Gasteiger charge is -2.32. The molecule has 2 saturated heterocycles. The van der Waals surface area contributed by atoms with E-state index in [-0.39, 0.29) is 24.4 Å². The molecule has 0 aliphatic carbocycles. The van der Waals surface area contributed by atoms with Gasteiger partial charge < -0.3 is 15.5 Å². The molecule has 2 aliphatic rings. The van der Waals surface area contributed by atoms with E-state index in [1.165, 1.54) is 0 Å². The van der Waals surface area contributed by atoms with Gasteiger partial charge in [-0.25, -0.2) is 0 Å². The molecule has 84 valence electrons. The van der Waals surface area contributed by atoms with Gasteiger partial charge in [-0.05, 0) is 32.4 Å². The molecular formula is C10H17N3O2. The molecule has 0 aromatic rings. The first-order valence-electron chi connectivity index (χ1n) is 5.45. The van der Waals surface area contributed by atoms with Crippen molar-refractivity contribution in [1.82, 2.24) is 15.5 Å². The Labute approximate surface area is 89.2 Å². The third-order valence-corrected chi connectivity index (χ3v) is 3.04. The maximum absolute atomic E-state index is 11.7. The van der Waals surface area contributed by atoms with Crippen molar-refractivity contribution in [3.8, 4) is 0 Å². The quantitative estimate of drug-likeness (QED) is 0.612. The summed E-state index contributed by atoms with van der Waals surface area (Å²) in [6.45, 7) is 4.65. The standard InChI is InChI=1S/C10H17N3O2/c1-7-10(15)13(6-9(14)12-7)5-8-2-3-11-4-8/h7-8,11H,2-6H2,1H3,(H,12,14). The summed E-state index contributed by atoms with van der Waals surface area (Å²) >= 11 is 0. The minimum Gasteiger partial charge on any atom is -0.343 e. The maximum atomic E-state index is 11.7. The van der Waals surface area contributed by atoms with Gasteiger partial charge >= 0.3 is 0 Å². The summed E-state index contributed by atoms with van der Waals surface area (Å²) in [5.74, 6) is 0.501. The number of nitrogens with one attached hydrogen (secondary N) is 2. The van der Waals surface area contributed by atoms with Gasteiger partial charge in [0.25, 0.3) is 0 Å². The molecule has 15 heavy (non-hydrogen) atoms. The highest BCUT2D eigenvalue weighted by molar-refractivity contribution is 5.94. The monoisotopic (exact) mass is 211 g/mol. The van der Waals surface area contributed by atoms with Gasteiger partial charge in [-0.3, -0.25) is 9.59 Å². The molecule has 5 nitrogen and oxygen atoms in total. The Kier molecular flexibility index (Phi) is 2.90. The third kappa shape index (κ3) is 2.28. The lowest BCUT2D eigenvalue weighted by Crippen LogP contribution is -2.57. The highest BCUT2D eigenvalue weighted by Crippen LogP contribution is 2.12. The van der Waals surface area contributed by atoms with Crippen molar-refractivity contribution in [2.75, 3.05) is 26.2 Å². The average Bonchev–Trinajstić information content (AvgIpc) is 2.66. The number of hydrogen-bond donors (Lipinski definition) is 2. The SMILES string of the molecule is CC1NC(=O)CN(CC2CCNC2)C1=O. The molecule has 2 atom stereocenters. The molecule has 2 heterocycles. The topological polar surface area (TPSA) is 61.4 Å². The van der Waals surface area contributed by atoms with Crippen molar-refractivity contribution >= 4 is 11.8 Å². The van der Waals surface area contributed by atoms with Gasteiger partial charge in [0, 0.05) is 6.54 Å². The van der Waals surface area contributed by atoms with Gasteiger partial charge in [0.1, 0.15) is 6.04 Å². The molecule has 2 aliphatic heterocycles. The second-order valence-electron chi connectivity index (χ2n) is 4.37. The zero-order valence-corrected chi connectivity index (χ0v) is 8.95. The van der Waals surface area contributed by atoms with Crippen molar-refractivity contribution in [1.29, 1.82) is 0 Å². The molecule has 2 N–H and O–H groups in total. The van der Waals surface area contributed by atoms with Gasteiger partial charge in [-0.2, -0.15) is 0 Å². The Balaban J connectivity index is 1.94. The van der Waals surface area contributed by atoms with Crippen LogP contribution in [-0.4, -0.2) is 48.9 Å². The Morgan fingerprint density at radius 2 is 2.27 bits per heavy atom. The van der Waals surface area contributed by atoms with Crippen molar-refractivity contribution in [3.63, 3.8) is 0 Å². The largest absolute Gasteiger partial charge is 0.343 e.